The maximum absolute atomic E-state index is 12.4. The molecule has 3 nitrogen and oxygen atoms in total. The number of anilines is 1. The molecule has 3 fully saturated rings. The molecule has 1 amide bonds. The van der Waals surface area contributed by atoms with Gasteiger partial charge in [0, 0.05) is 31.2 Å². The molecule has 2 bridgehead atoms. The smallest absolute Gasteiger partial charge is 0.223 e. The number of benzene rings is 1. The van der Waals surface area contributed by atoms with E-state index in [2.05, 4.69) is 34.5 Å². The van der Waals surface area contributed by atoms with Crippen LogP contribution in [0.3, 0.4) is 0 Å². The van der Waals surface area contributed by atoms with Crippen LogP contribution in [0.1, 0.15) is 50.5 Å². The van der Waals surface area contributed by atoms with Crippen LogP contribution < -0.4 is 10.2 Å². The topological polar surface area (TPSA) is 32.3 Å². The summed E-state index contributed by atoms with van der Waals surface area (Å²) in [6.07, 6.45) is 9.03. The highest BCUT2D eigenvalue weighted by atomic mass is 16.1. The van der Waals surface area contributed by atoms with Gasteiger partial charge in [-0.25, -0.2) is 0 Å². The molecular formula is C20H28N2O. The molecule has 3 aliphatic rings. The Bertz CT molecular complexity index is 547. The van der Waals surface area contributed by atoms with E-state index in [1.54, 1.807) is 0 Å². The van der Waals surface area contributed by atoms with Crippen molar-refractivity contribution in [3.63, 3.8) is 0 Å². The Morgan fingerprint density at radius 1 is 1.04 bits per heavy atom. The molecule has 3 atom stereocenters. The third-order valence-electron chi connectivity index (χ3n) is 6.20. The van der Waals surface area contributed by atoms with Gasteiger partial charge in [0.25, 0.3) is 0 Å². The van der Waals surface area contributed by atoms with Crippen LogP contribution in [0.5, 0.6) is 0 Å². The standard InChI is InChI=1S/C20H28N2O/c23-20(19-13-16-4-7-17(19)12-16)21-14-15-5-8-18(9-6-15)22-10-2-1-3-11-22/h5-6,8-9,16-17,19H,1-4,7,10-14H2,(H,21,23)/t16-,17-,19-/m0/s1. The van der Waals surface area contributed by atoms with Crippen molar-refractivity contribution in [1.82, 2.24) is 5.32 Å². The van der Waals surface area contributed by atoms with E-state index in [0.29, 0.717) is 18.4 Å². The zero-order chi connectivity index (χ0) is 15.6. The molecule has 3 heteroatoms. The predicted octanol–water partition coefficient (Wildman–Crippen LogP) is 3.73. The fourth-order valence-electron chi connectivity index (χ4n) is 4.86. The molecule has 1 saturated heterocycles. The van der Waals surface area contributed by atoms with Gasteiger partial charge in [0.05, 0.1) is 0 Å². The lowest BCUT2D eigenvalue weighted by Crippen LogP contribution is -2.33. The van der Waals surface area contributed by atoms with Gasteiger partial charge in [-0.05, 0) is 68.1 Å². The van der Waals surface area contributed by atoms with E-state index in [1.807, 2.05) is 0 Å². The van der Waals surface area contributed by atoms with Crippen LogP contribution in [-0.4, -0.2) is 19.0 Å². The highest BCUT2D eigenvalue weighted by molar-refractivity contribution is 5.79. The first-order chi connectivity index (χ1) is 11.3. The summed E-state index contributed by atoms with van der Waals surface area (Å²) in [5.74, 6) is 2.08. The Morgan fingerprint density at radius 3 is 2.48 bits per heavy atom. The third kappa shape index (κ3) is 3.24. The molecule has 1 aliphatic heterocycles. The molecule has 0 radical (unpaired) electrons. The first-order valence-corrected chi connectivity index (χ1v) is 9.41. The predicted molar refractivity (Wildman–Crippen MR) is 93.3 cm³/mol. The van der Waals surface area contributed by atoms with Crippen LogP contribution in [0, 0.1) is 17.8 Å². The molecule has 1 N–H and O–H groups in total. The molecule has 1 heterocycles. The minimum Gasteiger partial charge on any atom is -0.372 e. The van der Waals surface area contributed by atoms with E-state index in [1.165, 1.54) is 62.9 Å². The van der Waals surface area contributed by atoms with Crippen molar-refractivity contribution in [3.8, 4) is 0 Å². The van der Waals surface area contributed by atoms with Crippen LogP contribution in [0.15, 0.2) is 24.3 Å². The largest absolute Gasteiger partial charge is 0.372 e. The summed E-state index contributed by atoms with van der Waals surface area (Å²) in [6, 6.07) is 8.77. The number of hydrogen-bond acceptors (Lipinski definition) is 2. The number of carbonyl (C=O) groups excluding carboxylic acids is 1. The van der Waals surface area contributed by atoms with Gasteiger partial charge in [0.15, 0.2) is 0 Å². The minimum atomic E-state index is 0.289. The second-order valence-corrected chi connectivity index (χ2v) is 7.71. The molecule has 4 rings (SSSR count). The van der Waals surface area contributed by atoms with Gasteiger partial charge in [-0.3, -0.25) is 4.79 Å². The Labute approximate surface area is 139 Å². The molecule has 0 aromatic heterocycles. The fourth-order valence-corrected chi connectivity index (χ4v) is 4.86. The summed E-state index contributed by atoms with van der Waals surface area (Å²) in [7, 11) is 0. The van der Waals surface area contributed by atoms with Gasteiger partial charge in [0.2, 0.25) is 5.91 Å². The Kier molecular flexibility index (Phi) is 4.28. The van der Waals surface area contributed by atoms with Gasteiger partial charge < -0.3 is 10.2 Å². The van der Waals surface area contributed by atoms with Crippen LogP contribution in [0.4, 0.5) is 5.69 Å². The van der Waals surface area contributed by atoms with E-state index in [9.17, 15) is 4.79 Å². The Balaban J connectivity index is 1.30. The van der Waals surface area contributed by atoms with Crippen molar-refractivity contribution in [2.45, 2.75) is 51.5 Å². The molecule has 1 aromatic rings. The van der Waals surface area contributed by atoms with Crippen LogP contribution >= 0.6 is 0 Å². The highest BCUT2D eigenvalue weighted by Gasteiger charge is 2.42. The molecule has 0 unspecified atom stereocenters. The third-order valence-corrected chi connectivity index (χ3v) is 6.20. The second kappa shape index (κ2) is 6.54. The number of amides is 1. The second-order valence-electron chi connectivity index (χ2n) is 7.71. The van der Waals surface area contributed by atoms with Crippen molar-refractivity contribution in [3.05, 3.63) is 29.8 Å². The molecule has 124 valence electrons. The molecule has 2 aliphatic carbocycles. The summed E-state index contributed by atoms with van der Waals surface area (Å²) >= 11 is 0. The molecule has 1 aromatic carbocycles. The molecular weight excluding hydrogens is 284 g/mol. The fraction of sp³-hybridized carbons (Fsp3) is 0.650. The number of carbonyl (C=O) groups is 1. The van der Waals surface area contributed by atoms with Crippen LogP contribution in [0.25, 0.3) is 0 Å². The number of hydrogen-bond donors (Lipinski definition) is 1. The minimum absolute atomic E-state index is 0.289. The van der Waals surface area contributed by atoms with E-state index >= 15 is 0 Å². The van der Waals surface area contributed by atoms with Gasteiger partial charge >= 0.3 is 0 Å². The van der Waals surface area contributed by atoms with E-state index < -0.39 is 0 Å². The first-order valence-electron chi connectivity index (χ1n) is 9.41. The SMILES string of the molecule is O=C(NCc1ccc(N2CCCCC2)cc1)[C@H]1C[C@H]2CC[C@H]1C2. The monoisotopic (exact) mass is 312 g/mol. The summed E-state index contributed by atoms with van der Waals surface area (Å²) in [5.41, 5.74) is 2.54. The van der Waals surface area contributed by atoms with Crippen LogP contribution in [-0.2, 0) is 11.3 Å². The normalized spacial score (nSPS) is 29.7. The first kappa shape index (κ1) is 15.0. The maximum atomic E-state index is 12.4. The average Bonchev–Trinajstić information content (AvgIpc) is 3.24. The summed E-state index contributed by atoms with van der Waals surface area (Å²) < 4.78 is 0. The molecule has 2 saturated carbocycles. The van der Waals surface area contributed by atoms with Crippen molar-refractivity contribution < 1.29 is 4.79 Å². The quantitative estimate of drug-likeness (QED) is 0.919. The zero-order valence-electron chi connectivity index (χ0n) is 14.0. The van der Waals surface area contributed by atoms with Crippen LogP contribution in [0.2, 0.25) is 0 Å². The van der Waals surface area contributed by atoms with E-state index in [0.717, 1.165) is 12.3 Å². The van der Waals surface area contributed by atoms with Gasteiger partial charge in [-0.15, -0.1) is 0 Å². The van der Waals surface area contributed by atoms with Crippen molar-refractivity contribution in [2.75, 3.05) is 18.0 Å². The Hall–Kier alpha value is -1.51. The zero-order valence-corrected chi connectivity index (χ0v) is 14.0. The summed E-state index contributed by atoms with van der Waals surface area (Å²) in [5, 5.41) is 3.17. The lowest BCUT2D eigenvalue weighted by atomic mass is 9.88. The van der Waals surface area contributed by atoms with Gasteiger partial charge in [-0.1, -0.05) is 18.6 Å². The van der Waals surface area contributed by atoms with Gasteiger partial charge in [-0.2, -0.15) is 0 Å². The van der Waals surface area contributed by atoms with Crippen molar-refractivity contribution in [1.29, 1.82) is 0 Å². The average molecular weight is 312 g/mol. The van der Waals surface area contributed by atoms with Crippen molar-refractivity contribution in [2.24, 2.45) is 17.8 Å². The number of rotatable bonds is 4. The number of nitrogens with one attached hydrogen (secondary N) is 1. The summed E-state index contributed by atoms with van der Waals surface area (Å²) in [6.45, 7) is 3.04. The molecule has 0 spiro atoms. The van der Waals surface area contributed by atoms with Crippen molar-refractivity contribution >= 4 is 11.6 Å². The lowest BCUT2D eigenvalue weighted by molar-refractivity contribution is -0.126. The van der Waals surface area contributed by atoms with Gasteiger partial charge in [0.1, 0.15) is 0 Å². The van der Waals surface area contributed by atoms with E-state index in [-0.39, 0.29) is 5.91 Å². The number of piperidine rings is 1. The molecule has 23 heavy (non-hydrogen) atoms. The number of fused-ring (bicyclic) bond motifs is 2. The number of nitrogens with zero attached hydrogens (tertiary/aromatic N) is 1. The maximum Gasteiger partial charge on any atom is 0.223 e. The highest BCUT2D eigenvalue weighted by Crippen LogP contribution is 2.48. The lowest BCUT2D eigenvalue weighted by Gasteiger charge is -2.29. The Morgan fingerprint density at radius 2 is 1.83 bits per heavy atom. The van der Waals surface area contributed by atoms with E-state index in [4.69, 9.17) is 0 Å². The summed E-state index contributed by atoms with van der Waals surface area (Å²) in [4.78, 5) is 14.9.